The highest BCUT2D eigenvalue weighted by Gasteiger charge is 2.40. The molecular weight excluding hydrogens is 193 g/mol. The van der Waals surface area contributed by atoms with Crippen molar-refractivity contribution >= 4 is 6.29 Å². The molecule has 1 radical (unpaired) electrons. The van der Waals surface area contributed by atoms with Crippen molar-refractivity contribution in [2.75, 3.05) is 0 Å². The Morgan fingerprint density at radius 1 is 1.21 bits per heavy atom. The van der Waals surface area contributed by atoms with Gasteiger partial charge in [-0.1, -0.05) is 30.3 Å². The summed E-state index contributed by atoms with van der Waals surface area (Å²) in [7, 11) is 0. The molecule has 0 aliphatic carbocycles. The SMILES string of the molecule is O=[C]CC(c1ccccc1)C(F)(F)F. The van der Waals surface area contributed by atoms with Crippen molar-refractivity contribution in [2.45, 2.75) is 18.5 Å². The van der Waals surface area contributed by atoms with Gasteiger partial charge in [0.25, 0.3) is 0 Å². The quantitative estimate of drug-likeness (QED) is 0.734. The van der Waals surface area contributed by atoms with E-state index in [1.165, 1.54) is 30.6 Å². The summed E-state index contributed by atoms with van der Waals surface area (Å²) in [5.74, 6) is -1.74. The molecule has 0 fully saturated rings. The van der Waals surface area contributed by atoms with Gasteiger partial charge in [-0.25, -0.2) is 0 Å². The van der Waals surface area contributed by atoms with E-state index in [0.717, 1.165) is 0 Å². The predicted octanol–water partition coefficient (Wildman–Crippen LogP) is 2.83. The van der Waals surface area contributed by atoms with Gasteiger partial charge in [0.2, 0.25) is 0 Å². The number of hydrogen-bond donors (Lipinski definition) is 0. The van der Waals surface area contributed by atoms with E-state index in [1.807, 2.05) is 0 Å². The molecule has 1 aromatic carbocycles. The van der Waals surface area contributed by atoms with Gasteiger partial charge in [-0.05, 0) is 5.56 Å². The highest BCUT2D eigenvalue weighted by molar-refractivity contribution is 5.53. The van der Waals surface area contributed by atoms with E-state index < -0.39 is 18.5 Å². The van der Waals surface area contributed by atoms with Crippen molar-refractivity contribution in [3.8, 4) is 0 Å². The van der Waals surface area contributed by atoms with E-state index >= 15 is 0 Å². The van der Waals surface area contributed by atoms with Gasteiger partial charge >= 0.3 is 6.18 Å². The Bertz CT molecular complexity index is 292. The fourth-order valence-corrected chi connectivity index (χ4v) is 1.19. The number of benzene rings is 1. The van der Waals surface area contributed by atoms with Crippen LogP contribution in [-0.2, 0) is 4.79 Å². The summed E-state index contributed by atoms with van der Waals surface area (Å²) < 4.78 is 37.2. The molecule has 0 bridgehead atoms. The van der Waals surface area contributed by atoms with Crippen LogP contribution in [0.15, 0.2) is 30.3 Å². The van der Waals surface area contributed by atoms with E-state index in [9.17, 15) is 18.0 Å². The minimum atomic E-state index is -4.39. The molecule has 0 amide bonds. The molecule has 0 spiro atoms. The van der Waals surface area contributed by atoms with Gasteiger partial charge in [0.15, 0.2) is 6.29 Å². The Morgan fingerprint density at radius 3 is 2.21 bits per heavy atom. The molecule has 0 aliphatic heterocycles. The summed E-state index contributed by atoms with van der Waals surface area (Å²) in [5.41, 5.74) is 0.100. The van der Waals surface area contributed by atoms with Crippen molar-refractivity contribution in [1.82, 2.24) is 0 Å². The molecule has 4 heteroatoms. The van der Waals surface area contributed by atoms with Gasteiger partial charge in [0.1, 0.15) is 0 Å². The first-order chi connectivity index (χ1) is 6.55. The van der Waals surface area contributed by atoms with E-state index in [-0.39, 0.29) is 5.56 Å². The monoisotopic (exact) mass is 201 g/mol. The highest BCUT2D eigenvalue weighted by Crippen LogP contribution is 2.36. The number of alkyl halides is 3. The first-order valence-corrected chi connectivity index (χ1v) is 4.02. The number of carbonyl (C=O) groups excluding carboxylic acids is 1. The largest absolute Gasteiger partial charge is 0.396 e. The van der Waals surface area contributed by atoms with Gasteiger partial charge in [-0.2, -0.15) is 13.2 Å². The average Bonchev–Trinajstić information content (AvgIpc) is 2.14. The maximum Gasteiger partial charge on any atom is 0.396 e. The highest BCUT2D eigenvalue weighted by atomic mass is 19.4. The normalized spacial score (nSPS) is 13.6. The third-order valence-corrected chi connectivity index (χ3v) is 1.88. The second kappa shape index (κ2) is 4.26. The van der Waals surface area contributed by atoms with Crippen molar-refractivity contribution in [3.63, 3.8) is 0 Å². The van der Waals surface area contributed by atoms with E-state index in [2.05, 4.69) is 0 Å². The van der Waals surface area contributed by atoms with Crippen molar-refractivity contribution in [1.29, 1.82) is 0 Å². The smallest absolute Gasteiger partial charge is 0.291 e. The molecule has 0 saturated carbocycles. The van der Waals surface area contributed by atoms with Crippen LogP contribution in [0.1, 0.15) is 17.9 Å². The molecule has 0 saturated heterocycles. The van der Waals surface area contributed by atoms with Crippen LogP contribution in [0, 0.1) is 0 Å². The minimum Gasteiger partial charge on any atom is -0.291 e. The van der Waals surface area contributed by atoms with Crippen LogP contribution in [0.3, 0.4) is 0 Å². The van der Waals surface area contributed by atoms with Gasteiger partial charge in [-0.15, -0.1) is 0 Å². The molecule has 1 nitrogen and oxygen atoms in total. The van der Waals surface area contributed by atoms with E-state index in [4.69, 9.17) is 0 Å². The standard InChI is InChI=1S/C10H8F3O/c11-10(12,13)9(6-7-14)8-4-2-1-3-5-8/h1-5,9H,6H2. The number of hydrogen-bond acceptors (Lipinski definition) is 1. The molecular formula is C10H8F3O. The Hall–Kier alpha value is -1.32. The summed E-state index contributed by atoms with van der Waals surface area (Å²) in [6.45, 7) is 0. The summed E-state index contributed by atoms with van der Waals surface area (Å²) in [6, 6.07) is 7.37. The Kier molecular flexibility index (Phi) is 3.28. The lowest BCUT2D eigenvalue weighted by atomic mass is 9.96. The van der Waals surface area contributed by atoms with Gasteiger partial charge in [0, 0.05) is 6.42 Å². The predicted molar refractivity (Wildman–Crippen MR) is 45.5 cm³/mol. The minimum absolute atomic E-state index is 0.100. The van der Waals surface area contributed by atoms with Crippen molar-refractivity contribution in [3.05, 3.63) is 35.9 Å². The van der Waals surface area contributed by atoms with Crippen LogP contribution in [0.2, 0.25) is 0 Å². The molecule has 1 unspecified atom stereocenters. The Labute approximate surface area is 79.5 Å². The summed E-state index contributed by atoms with van der Waals surface area (Å²) in [4.78, 5) is 10.0. The molecule has 1 aromatic rings. The molecule has 0 aromatic heterocycles. The fraction of sp³-hybridized carbons (Fsp3) is 0.300. The van der Waals surface area contributed by atoms with Gasteiger partial charge in [-0.3, -0.25) is 4.79 Å². The lowest BCUT2D eigenvalue weighted by Crippen LogP contribution is -2.21. The number of halogens is 3. The first-order valence-electron chi connectivity index (χ1n) is 4.02. The van der Waals surface area contributed by atoms with Crippen LogP contribution in [0.5, 0.6) is 0 Å². The van der Waals surface area contributed by atoms with Crippen molar-refractivity contribution < 1.29 is 18.0 Å². The van der Waals surface area contributed by atoms with Crippen LogP contribution >= 0.6 is 0 Å². The maximum atomic E-state index is 12.4. The van der Waals surface area contributed by atoms with Crippen LogP contribution in [0.25, 0.3) is 0 Å². The van der Waals surface area contributed by atoms with Crippen LogP contribution < -0.4 is 0 Å². The second-order valence-electron chi connectivity index (χ2n) is 2.85. The second-order valence-corrected chi connectivity index (χ2v) is 2.85. The number of rotatable bonds is 3. The zero-order valence-electron chi connectivity index (χ0n) is 7.21. The lowest BCUT2D eigenvalue weighted by molar-refractivity contribution is -0.148. The van der Waals surface area contributed by atoms with Gasteiger partial charge < -0.3 is 0 Å². The molecule has 75 valence electrons. The molecule has 0 N–H and O–H groups in total. The summed E-state index contributed by atoms with van der Waals surface area (Å²) in [5, 5.41) is 0. The van der Waals surface area contributed by atoms with Crippen molar-refractivity contribution in [2.24, 2.45) is 0 Å². The maximum absolute atomic E-state index is 12.4. The molecule has 1 atom stereocenters. The summed E-state index contributed by atoms with van der Waals surface area (Å²) >= 11 is 0. The fourth-order valence-electron chi connectivity index (χ4n) is 1.19. The topological polar surface area (TPSA) is 17.1 Å². The lowest BCUT2D eigenvalue weighted by Gasteiger charge is -2.17. The molecule has 14 heavy (non-hydrogen) atoms. The Morgan fingerprint density at radius 2 is 1.79 bits per heavy atom. The first kappa shape index (κ1) is 10.8. The summed E-state index contributed by atoms with van der Waals surface area (Å²) in [6.07, 6.45) is -3.73. The van der Waals surface area contributed by atoms with Crippen LogP contribution in [0.4, 0.5) is 13.2 Å². The zero-order valence-corrected chi connectivity index (χ0v) is 7.21. The molecule has 0 heterocycles. The molecule has 0 aliphatic rings. The van der Waals surface area contributed by atoms with E-state index in [0.29, 0.717) is 0 Å². The average molecular weight is 201 g/mol. The van der Waals surface area contributed by atoms with Gasteiger partial charge in [0.05, 0.1) is 5.92 Å². The third kappa shape index (κ3) is 2.58. The Balaban J connectivity index is 2.95. The van der Waals surface area contributed by atoms with Crippen LogP contribution in [-0.4, -0.2) is 12.5 Å². The molecule has 1 rings (SSSR count). The zero-order chi connectivity index (χ0) is 10.6. The van der Waals surface area contributed by atoms with E-state index in [1.54, 1.807) is 6.07 Å². The third-order valence-electron chi connectivity index (χ3n) is 1.88.